The van der Waals surface area contributed by atoms with Crippen molar-refractivity contribution in [1.29, 1.82) is 0 Å². The average Bonchev–Trinajstić information content (AvgIpc) is 3.06. The Balaban J connectivity index is 4.39. The van der Waals surface area contributed by atoms with E-state index < -0.39 is 26.5 Å². The number of nitrogens with zero attached hydrogens (tertiary/aromatic N) is 1. The third kappa shape index (κ3) is 36.5. The van der Waals surface area contributed by atoms with Crippen molar-refractivity contribution >= 4 is 19.8 Å². The molecule has 1 unspecified atom stereocenters. The summed E-state index contributed by atoms with van der Waals surface area (Å²) >= 11 is 0. The zero-order valence-electron chi connectivity index (χ0n) is 33.1. The Labute approximate surface area is 307 Å². The Morgan fingerprint density at radius 3 is 1.50 bits per heavy atom. The number of carbonyl (C=O) groups is 2. The molecule has 0 saturated carbocycles. The van der Waals surface area contributed by atoms with Crippen LogP contribution in [-0.4, -0.2) is 70.0 Å². The van der Waals surface area contributed by atoms with Crippen molar-refractivity contribution in [2.75, 3.05) is 47.5 Å². The Morgan fingerprint density at radius 1 is 0.600 bits per heavy atom. The van der Waals surface area contributed by atoms with Gasteiger partial charge in [0.2, 0.25) is 0 Å². The SMILES string of the molecule is CCCCCC/C=C\CCCCCCCCCC(=O)O[C@H](COC(=O)CCCCCCCCCCCCC)COP(=O)([O-])OCC[N+](C)(C)C. The van der Waals surface area contributed by atoms with Crippen molar-refractivity contribution in [3.63, 3.8) is 0 Å². The van der Waals surface area contributed by atoms with Crippen LogP contribution in [0.25, 0.3) is 0 Å². The molecule has 0 aromatic rings. The first-order valence-electron chi connectivity index (χ1n) is 20.4. The quantitative estimate of drug-likeness (QED) is 0.0204. The molecule has 0 rings (SSSR count). The van der Waals surface area contributed by atoms with Gasteiger partial charge >= 0.3 is 11.9 Å². The maximum atomic E-state index is 12.6. The molecule has 0 amide bonds. The molecule has 0 heterocycles. The van der Waals surface area contributed by atoms with Gasteiger partial charge in [-0.1, -0.05) is 142 Å². The lowest BCUT2D eigenvalue weighted by Crippen LogP contribution is -2.37. The number of unbranched alkanes of at least 4 members (excludes halogenated alkanes) is 21. The molecule has 0 aromatic carbocycles. The number of hydrogen-bond donors (Lipinski definition) is 0. The number of rotatable bonds is 37. The molecule has 0 fully saturated rings. The van der Waals surface area contributed by atoms with Gasteiger partial charge in [0.25, 0.3) is 7.82 Å². The number of hydrogen-bond acceptors (Lipinski definition) is 8. The van der Waals surface area contributed by atoms with Gasteiger partial charge in [-0.05, 0) is 38.5 Å². The van der Waals surface area contributed by atoms with Gasteiger partial charge in [-0.25, -0.2) is 0 Å². The second-order valence-corrected chi connectivity index (χ2v) is 16.4. The minimum atomic E-state index is -4.61. The fraction of sp³-hybridized carbons (Fsp3) is 0.900. The van der Waals surface area contributed by atoms with E-state index in [4.69, 9.17) is 18.5 Å². The second-order valence-electron chi connectivity index (χ2n) is 15.0. The van der Waals surface area contributed by atoms with E-state index in [9.17, 15) is 19.0 Å². The van der Waals surface area contributed by atoms with Crippen LogP contribution in [-0.2, 0) is 32.7 Å². The first-order valence-corrected chi connectivity index (χ1v) is 21.9. The number of carbonyl (C=O) groups excluding carboxylic acids is 2. The van der Waals surface area contributed by atoms with Crippen molar-refractivity contribution in [3.05, 3.63) is 12.2 Å². The smallest absolute Gasteiger partial charge is 0.306 e. The minimum absolute atomic E-state index is 0.0289. The summed E-state index contributed by atoms with van der Waals surface area (Å²) in [6.07, 6.45) is 32.3. The Morgan fingerprint density at radius 2 is 1.02 bits per heavy atom. The van der Waals surface area contributed by atoms with Crippen molar-refractivity contribution in [3.8, 4) is 0 Å². The van der Waals surface area contributed by atoms with Gasteiger partial charge in [0.15, 0.2) is 6.10 Å². The summed E-state index contributed by atoms with van der Waals surface area (Å²) in [7, 11) is 1.17. The molecule has 10 heteroatoms. The maximum Gasteiger partial charge on any atom is 0.306 e. The monoisotopic (exact) mass is 732 g/mol. The van der Waals surface area contributed by atoms with Gasteiger partial charge in [-0.15, -0.1) is 0 Å². The molecule has 0 bridgehead atoms. The number of likely N-dealkylation sites (N-methyl/N-ethyl adjacent to an activating group) is 1. The standard InChI is InChI=1S/C40H78NO8P/c1-6-8-10-12-14-16-18-19-20-21-23-25-27-29-31-33-40(43)49-38(37-48-50(44,45)47-35-34-41(3,4)5)36-46-39(42)32-30-28-26-24-22-17-15-13-11-9-7-2/h16,18,38H,6-15,17,19-37H2,1-5H3/b18-16-/t38-/m1/s1. The molecule has 0 aliphatic heterocycles. The van der Waals surface area contributed by atoms with Crippen LogP contribution in [0.3, 0.4) is 0 Å². The van der Waals surface area contributed by atoms with E-state index in [1.807, 2.05) is 21.1 Å². The first kappa shape index (κ1) is 48.8. The molecule has 0 aromatic heterocycles. The molecule has 9 nitrogen and oxygen atoms in total. The summed E-state index contributed by atoms with van der Waals surface area (Å²) in [4.78, 5) is 37.4. The van der Waals surface area contributed by atoms with Crippen molar-refractivity contribution in [1.82, 2.24) is 0 Å². The zero-order valence-corrected chi connectivity index (χ0v) is 34.0. The third-order valence-electron chi connectivity index (χ3n) is 8.79. The lowest BCUT2D eigenvalue weighted by Gasteiger charge is -2.28. The van der Waals surface area contributed by atoms with Gasteiger partial charge in [0.1, 0.15) is 19.8 Å². The number of ether oxygens (including phenoxy) is 2. The third-order valence-corrected chi connectivity index (χ3v) is 9.75. The summed E-state index contributed by atoms with van der Waals surface area (Å²) in [5, 5.41) is 0. The van der Waals surface area contributed by atoms with Gasteiger partial charge in [0, 0.05) is 12.8 Å². The maximum absolute atomic E-state index is 12.6. The number of quaternary nitrogens is 1. The Bertz CT molecular complexity index is 876. The molecule has 0 N–H and O–H groups in total. The summed E-state index contributed by atoms with van der Waals surface area (Å²) in [5.41, 5.74) is 0. The molecule has 0 aliphatic rings. The lowest BCUT2D eigenvalue weighted by molar-refractivity contribution is -0.870. The van der Waals surface area contributed by atoms with E-state index in [1.165, 1.54) is 103 Å². The van der Waals surface area contributed by atoms with Crippen LogP contribution in [0.4, 0.5) is 0 Å². The number of esters is 2. The lowest BCUT2D eigenvalue weighted by atomic mass is 10.1. The molecule has 0 radical (unpaired) electrons. The van der Waals surface area contributed by atoms with Crippen molar-refractivity contribution < 1.29 is 42.1 Å². The molecule has 50 heavy (non-hydrogen) atoms. The van der Waals surface area contributed by atoms with E-state index in [0.29, 0.717) is 17.4 Å². The van der Waals surface area contributed by atoms with Crippen LogP contribution >= 0.6 is 7.82 Å². The van der Waals surface area contributed by atoms with E-state index in [-0.39, 0.29) is 32.0 Å². The number of phosphoric acid groups is 1. The van der Waals surface area contributed by atoms with E-state index >= 15 is 0 Å². The van der Waals surface area contributed by atoms with Crippen LogP contribution in [0.15, 0.2) is 12.2 Å². The van der Waals surface area contributed by atoms with Crippen LogP contribution in [0.2, 0.25) is 0 Å². The van der Waals surface area contributed by atoms with Gasteiger partial charge in [-0.2, -0.15) is 0 Å². The van der Waals surface area contributed by atoms with E-state index in [1.54, 1.807) is 0 Å². The van der Waals surface area contributed by atoms with Gasteiger partial charge in [-0.3, -0.25) is 14.2 Å². The molecular formula is C40H78NO8P. The number of phosphoric ester groups is 1. The second kappa shape index (κ2) is 33.6. The molecular weight excluding hydrogens is 653 g/mol. The molecule has 0 saturated heterocycles. The fourth-order valence-corrected chi connectivity index (χ4v) is 6.26. The average molecular weight is 732 g/mol. The highest BCUT2D eigenvalue weighted by molar-refractivity contribution is 7.45. The predicted octanol–water partition coefficient (Wildman–Crippen LogP) is 10.4. The van der Waals surface area contributed by atoms with Crippen LogP contribution in [0, 0.1) is 0 Å². The molecule has 296 valence electrons. The summed E-state index contributed by atoms with van der Waals surface area (Å²) in [6.45, 7) is 4.20. The van der Waals surface area contributed by atoms with Crippen LogP contribution in [0.1, 0.15) is 181 Å². The van der Waals surface area contributed by atoms with Crippen molar-refractivity contribution in [2.45, 2.75) is 187 Å². The minimum Gasteiger partial charge on any atom is -0.756 e. The van der Waals surface area contributed by atoms with Crippen molar-refractivity contribution in [2.24, 2.45) is 0 Å². The van der Waals surface area contributed by atoms with E-state index in [2.05, 4.69) is 26.0 Å². The molecule has 0 spiro atoms. The normalized spacial score (nSPS) is 13.8. The highest BCUT2D eigenvalue weighted by Crippen LogP contribution is 2.38. The molecule has 0 aliphatic carbocycles. The first-order chi connectivity index (χ1) is 24.0. The van der Waals surface area contributed by atoms with Crippen LogP contribution in [0.5, 0.6) is 0 Å². The zero-order chi connectivity index (χ0) is 37.2. The van der Waals surface area contributed by atoms with Gasteiger partial charge in [0.05, 0.1) is 27.7 Å². The number of allylic oxidation sites excluding steroid dienone is 2. The highest BCUT2D eigenvalue weighted by atomic mass is 31.2. The molecule has 2 atom stereocenters. The predicted molar refractivity (Wildman–Crippen MR) is 204 cm³/mol. The highest BCUT2D eigenvalue weighted by Gasteiger charge is 2.21. The fourth-order valence-electron chi connectivity index (χ4n) is 5.53. The Kier molecular flexibility index (Phi) is 32.7. The van der Waals surface area contributed by atoms with Crippen LogP contribution < -0.4 is 4.89 Å². The van der Waals surface area contributed by atoms with E-state index in [0.717, 1.165) is 44.9 Å². The topological polar surface area (TPSA) is 111 Å². The van der Waals surface area contributed by atoms with Gasteiger partial charge < -0.3 is 27.9 Å². The summed E-state index contributed by atoms with van der Waals surface area (Å²) in [5.74, 6) is -0.835. The largest absolute Gasteiger partial charge is 0.756 e. The summed E-state index contributed by atoms with van der Waals surface area (Å²) < 4.78 is 33.8. The Hall–Kier alpha value is -1.25. The summed E-state index contributed by atoms with van der Waals surface area (Å²) in [6, 6.07) is 0.